The lowest BCUT2D eigenvalue weighted by Gasteiger charge is -2.07. The van der Waals surface area contributed by atoms with Gasteiger partial charge in [0.2, 0.25) is 5.91 Å². The van der Waals surface area contributed by atoms with Crippen LogP contribution in [0, 0.1) is 0 Å². The van der Waals surface area contributed by atoms with Crippen LogP contribution in [0.4, 0.5) is 5.69 Å². The van der Waals surface area contributed by atoms with Gasteiger partial charge in [0.15, 0.2) is 0 Å². The number of benzene rings is 2. The van der Waals surface area contributed by atoms with E-state index >= 15 is 0 Å². The third-order valence-electron chi connectivity index (χ3n) is 3.70. The van der Waals surface area contributed by atoms with Gasteiger partial charge >= 0.3 is 0 Å². The van der Waals surface area contributed by atoms with Gasteiger partial charge in [-0.25, -0.2) is 4.98 Å². The molecular formula is C19H16ClN3O2S. The number of thioether (sulfide) groups is 1. The molecule has 0 fully saturated rings. The lowest BCUT2D eigenvalue weighted by molar-refractivity contribution is -0.115. The summed E-state index contributed by atoms with van der Waals surface area (Å²) in [4.78, 5) is 32.5. The smallest absolute Gasteiger partial charge is 0.254 e. The molecule has 5 nitrogen and oxygen atoms in total. The van der Waals surface area contributed by atoms with Crippen LogP contribution < -0.4 is 10.9 Å². The molecule has 3 aromatic rings. The zero-order chi connectivity index (χ0) is 18.5. The highest BCUT2D eigenvalue weighted by Gasteiger charge is 2.10. The van der Waals surface area contributed by atoms with Gasteiger partial charge in [-0.2, -0.15) is 0 Å². The summed E-state index contributed by atoms with van der Waals surface area (Å²) in [7, 11) is 0. The number of H-pyrrole nitrogens is 1. The summed E-state index contributed by atoms with van der Waals surface area (Å²) in [6.07, 6.45) is 3.35. The Morgan fingerprint density at radius 2 is 2.00 bits per heavy atom. The van der Waals surface area contributed by atoms with E-state index in [0.29, 0.717) is 22.1 Å². The molecule has 132 valence electrons. The first-order valence-corrected chi connectivity index (χ1v) is 9.43. The van der Waals surface area contributed by atoms with E-state index in [0.717, 1.165) is 10.5 Å². The highest BCUT2D eigenvalue weighted by Crippen LogP contribution is 2.19. The zero-order valence-electron chi connectivity index (χ0n) is 14.0. The van der Waals surface area contributed by atoms with E-state index in [9.17, 15) is 9.59 Å². The molecule has 0 bridgehead atoms. The van der Waals surface area contributed by atoms with Crippen LogP contribution in [0.25, 0.3) is 11.4 Å². The lowest BCUT2D eigenvalue weighted by atomic mass is 10.2. The van der Waals surface area contributed by atoms with Crippen molar-refractivity contribution in [3.8, 4) is 11.4 Å². The molecule has 2 aromatic carbocycles. The molecule has 0 unspecified atom stereocenters. The second kappa shape index (κ2) is 8.21. The quantitative estimate of drug-likeness (QED) is 0.651. The molecule has 2 N–H and O–H groups in total. The first kappa shape index (κ1) is 18.2. The van der Waals surface area contributed by atoms with Crippen molar-refractivity contribution in [1.29, 1.82) is 0 Å². The van der Waals surface area contributed by atoms with Crippen molar-refractivity contribution in [3.05, 3.63) is 75.7 Å². The van der Waals surface area contributed by atoms with Crippen LogP contribution in [0.15, 0.2) is 64.4 Å². The second-order valence-electron chi connectivity index (χ2n) is 5.55. The van der Waals surface area contributed by atoms with Gasteiger partial charge in [0.25, 0.3) is 5.56 Å². The molecule has 1 aromatic heterocycles. The van der Waals surface area contributed by atoms with E-state index in [2.05, 4.69) is 15.3 Å². The van der Waals surface area contributed by atoms with Gasteiger partial charge < -0.3 is 10.3 Å². The number of aromatic nitrogens is 2. The number of hydrogen-bond donors (Lipinski definition) is 2. The van der Waals surface area contributed by atoms with Crippen molar-refractivity contribution in [2.75, 3.05) is 11.6 Å². The molecule has 1 heterocycles. The molecule has 7 heteroatoms. The van der Waals surface area contributed by atoms with E-state index < -0.39 is 0 Å². The second-order valence-corrected chi connectivity index (χ2v) is 6.87. The predicted molar refractivity (Wildman–Crippen MR) is 106 cm³/mol. The molecule has 0 saturated heterocycles. The summed E-state index contributed by atoms with van der Waals surface area (Å²) in [5, 5.41) is 3.40. The largest absolute Gasteiger partial charge is 0.326 e. The Hall–Kier alpha value is -2.57. The molecule has 3 rings (SSSR count). The fourth-order valence-electron chi connectivity index (χ4n) is 2.38. The summed E-state index contributed by atoms with van der Waals surface area (Å²) >= 11 is 7.45. The normalized spacial score (nSPS) is 10.5. The topological polar surface area (TPSA) is 74.8 Å². The van der Waals surface area contributed by atoms with E-state index in [1.54, 1.807) is 36.0 Å². The molecule has 0 saturated carbocycles. The number of aromatic amines is 1. The van der Waals surface area contributed by atoms with Gasteiger partial charge in [-0.15, -0.1) is 11.8 Å². The SMILES string of the molecule is CSc1cccc(NC(=O)Cc2cnc(-c3ccc(Cl)cc3)[nH]c2=O)c1. The van der Waals surface area contributed by atoms with Crippen LogP contribution in [0.1, 0.15) is 5.56 Å². The number of rotatable bonds is 5. The van der Waals surface area contributed by atoms with Crippen LogP contribution in [-0.2, 0) is 11.2 Å². The standard InChI is InChI=1S/C19H16ClN3O2S/c1-26-16-4-2-3-15(10-16)22-17(24)9-13-11-21-18(23-19(13)25)12-5-7-14(20)8-6-12/h2-8,10-11H,9H2,1H3,(H,22,24)(H,21,23,25). The lowest BCUT2D eigenvalue weighted by Crippen LogP contribution is -2.22. The molecule has 0 radical (unpaired) electrons. The number of carbonyl (C=O) groups is 1. The molecule has 1 amide bonds. The minimum Gasteiger partial charge on any atom is -0.326 e. The predicted octanol–water partition coefficient (Wildman–Crippen LogP) is 3.99. The Kier molecular flexibility index (Phi) is 5.75. The number of nitrogens with zero attached hydrogens (tertiary/aromatic N) is 1. The number of nitrogens with one attached hydrogen (secondary N) is 2. The molecule has 0 spiro atoms. The average Bonchev–Trinajstić information content (AvgIpc) is 2.64. The third-order valence-corrected chi connectivity index (χ3v) is 4.67. The van der Waals surface area contributed by atoms with Crippen molar-refractivity contribution >= 4 is 35.0 Å². The third kappa shape index (κ3) is 4.53. The molecule has 0 atom stereocenters. The molecule has 0 aliphatic heterocycles. The molecule has 0 aliphatic rings. The number of anilines is 1. The van der Waals surface area contributed by atoms with Crippen LogP contribution in [-0.4, -0.2) is 22.1 Å². The van der Waals surface area contributed by atoms with Gasteiger partial charge in [-0.1, -0.05) is 17.7 Å². The first-order chi connectivity index (χ1) is 12.5. The van der Waals surface area contributed by atoms with E-state index in [4.69, 9.17) is 11.6 Å². The van der Waals surface area contributed by atoms with E-state index in [1.807, 2.05) is 30.5 Å². The van der Waals surface area contributed by atoms with Crippen molar-refractivity contribution in [3.63, 3.8) is 0 Å². The van der Waals surface area contributed by atoms with Crippen molar-refractivity contribution in [1.82, 2.24) is 9.97 Å². The highest BCUT2D eigenvalue weighted by molar-refractivity contribution is 7.98. The number of carbonyl (C=O) groups excluding carboxylic acids is 1. The van der Waals surface area contributed by atoms with Gasteiger partial charge in [0.05, 0.1) is 6.42 Å². The van der Waals surface area contributed by atoms with Crippen LogP contribution in [0.5, 0.6) is 0 Å². The van der Waals surface area contributed by atoms with Crippen LogP contribution in [0.2, 0.25) is 5.02 Å². The number of hydrogen-bond acceptors (Lipinski definition) is 4. The average molecular weight is 386 g/mol. The molecular weight excluding hydrogens is 370 g/mol. The van der Waals surface area contributed by atoms with E-state index in [-0.39, 0.29) is 17.9 Å². The Morgan fingerprint density at radius 1 is 1.23 bits per heavy atom. The minimum atomic E-state index is -0.335. The van der Waals surface area contributed by atoms with Crippen LogP contribution in [0.3, 0.4) is 0 Å². The van der Waals surface area contributed by atoms with Gasteiger partial charge in [-0.3, -0.25) is 9.59 Å². The van der Waals surface area contributed by atoms with Gasteiger partial charge in [0.1, 0.15) is 5.82 Å². The molecule has 0 aliphatic carbocycles. The zero-order valence-corrected chi connectivity index (χ0v) is 15.5. The summed E-state index contributed by atoms with van der Waals surface area (Å²) < 4.78 is 0. The first-order valence-electron chi connectivity index (χ1n) is 7.83. The number of halogens is 1. The van der Waals surface area contributed by atoms with Gasteiger partial charge in [0, 0.05) is 32.9 Å². The maximum atomic E-state index is 12.3. The Morgan fingerprint density at radius 3 is 2.69 bits per heavy atom. The van der Waals surface area contributed by atoms with Crippen molar-refractivity contribution in [2.45, 2.75) is 11.3 Å². The maximum Gasteiger partial charge on any atom is 0.254 e. The Labute approximate surface area is 159 Å². The minimum absolute atomic E-state index is 0.0489. The van der Waals surface area contributed by atoms with E-state index in [1.165, 1.54) is 6.20 Å². The summed E-state index contributed by atoms with van der Waals surface area (Å²) in [6.45, 7) is 0. The Bertz CT molecular complexity index is 987. The van der Waals surface area contributed by atoms with Crippen LogP contribution >= 0.6 is 23.4 Å². The van der Waals surface area contributed by atoms with Crippen molar-refractivity contribution in [2.24, 2.45) is 0 Å². The molecule has 26 heavy (non-hydrogen) atoms. The fourth-order valence-corrected chi connectivity index (χ4v) is 2.97. The van der Waals surface area contributed by atoms with Gasteiger partial charge in [-0.05, 0) is 48.7 Å². The monoisotopic (exact) mass is 385 g/mol. The summed E-state index contributed by atoms with van der Waals surface area (Å²) in [5.41, 5.74) is 1.42. The Balaban J connectivity index is 1.72. The summed E-state index contributed by atoms with van der Waals surface area (Å²) in [5.74, 6) is 0.165. The number of amides is 1. The highest BCUT2D eigenvalue weighted by atomic mass is 35.5. The summed E-state index contributed by atoms with van der Waals surface area (Å²) in [6, 6.07) is 14.5. The fraction of sp³-hybridized carbons (Fsp3) is 0.105. The van der Waals surface area contributed by atoms with Crippen molar-refractivity contribution < 1.29 is 4.79 Å². The maximum absolute atomic E-state index is 12.3.